The second-order valence-corrected chi connectivity index (χ2v) is 5.56. The topological polar surface area (TPSA) is 17.1 Å². The molecule has 0 amide bonds. The van der Waals surface area contributed by atoms with Gasteiger partial charge in [0, 0.05) is 16.1 Å². The third kappa shape index (κ3) is 2.31. The summed E-state index contributed by atoms with van der Waals surface area (Å²) in [7, 11) is 0. The first-order chi connectivity index (χ1) is 9.15. The second-order valence-electron chi connectivity index (χ2n) is 5.13. The van der Waals surface area contributed by atoms with Gasteiger partial charge in [-0.25, -0.2) is 0 Å². The zero-order chi connectivity index (χ0) is 13.4. The number of hydrogen-bond donors (Lipinski definition) is 0. The molecule has 0 saturated carbocycles. The van der Waals surface area contributed by atoms with Crippen molar-refractivity contribution in [2.75, 3.05) is 0 Å². The molecule has 0 aromatic heterocycles. The van der Waals surface area contributed by atoms with Crippen molar-refractivity contribution in [2.45, 2.75) is 26.2 Å². The van der Waals surface area contributed by atoms with E-state index in [1.807, 2.05) is 31.2 Å². The first-order valence-corrected chi connectivity index (χ1v) is 6.95. The summed E-state index contributed by atoms with van der Waals surface area (Å²) in [4.78, 5) is 12.6. The van der Waals surface area contributed by atoms with Crippen LogP contribution < -0.4 is 0 Å². The van der Waals surface area contributed by atoms with Gasteiger partial charge in [0.15, 0.2) is 5.78 Å². The molecule has 1 aliphatic rings. The molecule has 0 heterocycles. The van der Waals surface area contributed by atoms with Crippen molar-refractivity contribution in [3.05, 3.63) is 69.2 Å². The van der Waals surface area contributed by atoms with Crippen LogP contribution in [0.2, 0.25) is 5.02 Å². The molecule has 19 heavy (non-hydrogen) atoms. The molecule has 0 bridgehead atoms. The Labute approximate surface area is 118 Å². The Morgan fingerprint density at radius 2 is 1.84 bits per heavy atom. The highest BCUT2D eigenvalue weighted by Gasteiger charge is 2.16. The molecule has 1 aliphatic carbocycles. The van der Waals surface area contributed by atoms with E-state index in [9.17, 15) is 4.79 Å². The van der Waals surface area contributed by atoms with E-state index in [0.717, 1.165) is 24.0 Å². The van der Waals surface area contributed by atoms with Gasteiger partial charge in [0.05, 0.1) is 0 Å². The van der Waals surface area contributed by atoms with E-state index in [2.05, 4.69) is 6.07 Å². The maximum Gasteiger partial charge on any atom is 0.193 e. The van der Waals surface area contributed by atoms with Crippen LogP contribution in [-0.4, -0.2) is 5.78 Å². The van der Waals surface area contributed by atoms with E-state index < -0.39 is 0 Å². The molecule has 96 valence electrons. The number of aryl methyl sites for hydroxylation is 3. The maximum atomic E-state index is 12.6. The lowest BCUT2D eigenvalue weighted by molar-refractivity contribution is 0.103. The van der Waals surface area contributed by atoms with Crippen molar-refractivity contribution in [3.8, 4) is 0 Å². The summed E-state index contributed by atoms with van der Waals surface area (Å²) in [6.45, 7) is 1.94. The number of benzene rings is 2. The van der Waals surface area contributed by atoms with Crippen LogP contribution in [-0.2, 0) is 12.8 Å². The number of hydrogen-bond acceptors (Lipinski definition) is 1. The van der Waals surface area contributed by atoms with Gasteiger partial charge in [-0.1, -0.05) is 29.8 Å². The van der Waals surface area contributed by atoms with Gasteiger partial charge in [-0.2, -0.15) is 0 Å². The minimum atomic E-state index is 0.0645. The van der Waals surface area contributed by atoms with Gasteiger partial charge in [-0.3, -0.25) is 4.79 Å². The van der Waals surface area contributed by atoms with E-state index in [4.69, 9.17) is 11.6 Å². The lowest BCUT2D eigenvalue weighted by Crippen LogP contribution is -2.04. The predicted molar refractivity (Wildman–Crippen MR) is 78.1 cm³/mol. The van der Waals surface area contributed by atoms with Crippen molar-refractivity contribution in [2.24, 2.45) is 0 Å². The molecule has 0 N–H and O–H groups in total. The molecule has 2 aromatic carbocycles. The largest absolute Gasteiger partial charge is 0.289 e. The monoisotopic (exact) mass is 270 g/mol. The fraction of sp³-hybridized carbons (Fsp3) is 0.235. The number of rotatable bonds is 2. The highest BCUT2D eigenvalue weighted by atomic mass is 35.5. The molecule has 3 rings (SSSR count). The molecular formula is C17H15ClO. The van der Waals surface area contributed by atoms with E-state index in [1.165, 1.54) is 17.5 Å². The first-order valence-electron chi connectivity index (χ1n) is 6.58. The average molecular weight is 271 g/mol. The van der Waals surface area contributed by atoms with Gasteiger partial charge in [-0.05, 0) is 61.1 Å². The fourth-order valence-corrected chi connectivity index (χ4v) is 2.88. The average Bonchev–Trinajstić information content (AvgIpc) is 2.88. The number of carbonyl (C=O) groups excluding carboxylic acids is 1. The van der Waals surface area contributed by atoms with Crippen LogP contribution in [0.1, 0.15) is 39.0 Å². The van der Waals surface area contributed by atoms with Crippen LogP contribution >= 0.6 is 11.6 Å². The van der Waals surface area contributed by atoms with Gasteiger partial charge in [0.1, 0.15) is 0 Å². The molecular weight excluding hydrogens is 256 g/mol. The van der Waals surface area contributed by atoms with Gasteiger partial charge >= 0.3 is 0 Å². The molecule has 2 aromatic rings. The van der Waals surface area contributed by atoms with Crippen LogP contribution in [0.25, 0.3) is 0 Å². The standard InChI is InChI=1S/C17H15ClO/c1-11-5-8-15(18)10-16(11)17(19)14-7-6-12-3-2-4-13(12)9-14/h5-10H,2-4H2,1H3. The van der Waals surface area contributed by atoms with Crippen LogP contribution in [0, 0.1) is 6.92 Å². The number of halogens is 1. The molecule has 0 saturated heterocycles. The Bertz CT molecular complexity index is 658. The minimum Gasteiger partial charge on any atom is -0.289 e. The predicted octanol–water partition coefficient (Wildman–Crippen LogP) is 4.37. The van der Waals surface area contributed by atoms with Crippen LogP contribution in [0.15, 0.2) is 36.4 Å². The van der Waals surface area contributed by atoms with E-state index in [-0.39, 0.29) is 5.78 Å². The lowest BCUT2D eigenvalue weighted by atomic mass is 9.96. The van der Waals surface area contributed by atoms with Crippen LogP contribution in [0.5, 0.6) is 0 Å². The van der Waals surface area contributed by atoms with E-state index in [1.54, 1.807) is 6.07 Å². The third-order valence-corrected chi connectivity index (χ3v) is 4.04. The van der Waals surface area contributed by atoms with Crippen molar-refractivity contribution in [1.82, 2.24) is 0 Å². The number of ketones is 1. The van der Waals surface area contributed by atoms with Crippen molar-refractivity contribution in [1.29, 1.82) is 0 Å². The smallest absolute Gasteiger partial charge is 0.193 e. The van der Waals surface area contributed by atoms with E-state index >= 15 is 0 Å². The maximum absolute atomic E-state index is 12.6. The Morgan fingerprint density at radius 1 is 1.05 bits per heavy atom. The summed E-state index contributed by atoms with van der Waals surface area (Å²) in [5, 5.41) is 0.607. The molecule has 0 radical (unpaired) electrons. The molecule has 0 unspecified atom stereocenters. The molecule has 0 atom stereocenters. The highest BCUT2D eigenvalue weighted by Crippen LogP contribution is 2.25. The Hall–Kier alpha value is -1.60. The van der Waals surface area contributed by atoms with Crippen molar-refractivity contribution < 1.29 is 4.79 Å². The normalized spacial score (nSPS) is 13.4. The fourth-order valence-electron chi connectivity index (χ4n) is 2.71. The summed E-state index contributed by atoms with van der Waals surface area (Å²) in [5.74, 6) is 0.0645. The van der Waals surface area contributed by atoms with Crippen molar-refractivity contribution >= 4 is 17.4 Å². The highest BCUT2D eigenvalue weighted by molar-refractivity contribution is 6.31. The molecule has 0 fully saturated rings. The Morgan fingerprint density at radius 3 is 2.68 bits per heavy atom. The summed E-state index contributed by atoms with van der Waals surface area (Å²) < 4.78 is 0. The van der Waals surface area contributed by atoms with Gasteiger partial charge < -0.3 is 0 Å². The van der Waals surface area contributed by atoms with Crippen LogP contribution in [0.3, 0.4) is 0 Å². The molecule has 2 heteroatoms. The Kier molecular flexibility index (Phi) is 3.16. The molecule has 0 spiro atoms. The van der Waals surface area contributed by atoms with Gasteiger partial charge in [-0.15, -0.1) is 0 Å². The minimum absolute atomic E-state index is 0.0645. The summed E-state index contributed by atoms with van der Waals surface area (Å²) in [6.07, 6.45) is 3.42. The Balaban J connectivity index is 2.02. The summed E-state index contributed by atoms with van der Waals surface area (Å²) in [5.41, 5.74) is 5.15. The van der Waals surface area contributed by atoms with Crippen LogP contribution in [0.4, 0.5) is 0 Å². The number of fused-ring (bicyclic) bond motifs is 1. The van der Waals surface area contributed by atoms with Gasteiger partial charge in [0.25, 0.3) is 0 Å². The SMILES string of the molecule is Cc1ccc(Cl)cc1C(=O)c1ccc2c(c1)CCC2. The first kappa shape index (κ1) is 12.4. The third-order valence-electron chi connectivity index (χ3n) is 3.80. The second kappa shape index (κ2) is 4.82. The molecule has 0 aliphatic heterocycles. The van der Waals surface area contributed by atoms with E-state index in [0.29, 0.717) is 10.6 Å². The van der Waals surface area contributed by atoms with Crippen molar-refractivity contribution in [3.63, 3.8) is 0 Å². The summed E-state index contributed by atoms with van der Waals surface area (Å²) in [6, 6.07) is 11.5. The number of carbonyl (C=O) groups is 1. The summed E-state index contributed by atoms with van der Waals surface area (Å²) >= 11 is 5.99. The zero-order valence-corrected chi connectivity index (χ0v) is 11.6. The van der Waals surface area contributed by atoms with Gasteiger partial charge in [0.2, 0.25) is 0 Å². The quantitative estimate of drug-likeness (QED) is 0.741. The lowest BCUT2D eigenvalue weighted by Gasteiger charge is -2.07. The zero-order valence-electron chi connectivity index (χ0n) is 10.9. The molecule has 1 nitrogen and oxygen atoms in total.